The number of methoxy groups -OCH3 is 1. The maximum Gasteiger partial charge on any atom is 0.271 e. The van der Waals surface area contributed by atoms with E-state index in [9.17, 15) is 14.4 Å². The highest BCUT2D eigenvalue weighted by atomic mass is 16.5. The SMILES string of the molecule is COc1cccc(NC(=O)c2ccccc2NC(=O)C2=NN(c3ccccc3)C(=O)CC2)c1. The molecule has 0 aromatic heterocycles. The summed E-state index contributed by atoms with van der Waals surface area (Å²) in [6.07, 6.45) is 0.380. The standard InChI is InChI=1S/C25H22N4O4/c1-33-19-11-7-8-17(16-19)26-24(31)20-12-5-6-13-21(20)27-25(32)22-14-15-23(30)29(28-22)18-9-3-2-4-10-18/h2-13,16H,14-15H2,1H3,(H,26,31)(H,27,32). The van der Waals surface area contributed by atoms with Crippen molar-refractivity contribution >= 4 is 40.5 Å². The molecule has 0 saturated carbocycles. The molecule has 0 atom stereocenters. The molecule has 166 valence electrons. The second-order valence-electron chi connectivity index (χ2n) is 7.27. The van der Waals surface area contributed by atoms with Crippen molar-refractivity contribution in [3.63, 3.8) is 0 Å². The number of carbonyl (C=O) groups is 3. The Morgan fingerprint density at radius 1 is 0.879 bits per heavy atom. The minimum atomic E-state index is -0.468. The summed E-state index contributed by atoms with van der Waals surface area (Å²) in [5.74, 6) is -0.422. The smallest absolute Gasteiger partial charge is 0.271 e. The van der Waals surface area contributed by atoms with Gasteiger partial charge < -0.3 is 15.4 Å². The van der Waals surface area contributed by atoms with Crippen LogP contribution in [0, 0.1) is 0 Å². The Morgan fingerprint density at radius 3 is 2.42 bits per heavy atom. The van der Waals surface area contributed by atoms with Crippen LogP contribution in [0.15, 0.2) is 84.0 Å². The third-order valence-electron chi connectivity index (χ3n) is 5.04. The van der Waals surface area contributed by atoms with E-state index in [-0.39, 0.29) is 30.4 Å². The van der Waals surface area contributed by atoms with Gasteiger partial charge in [0.2, 0.25) is 5.91 Å². The maximum atomic E-state index is 12.9. The second-order valence-corrected chi connectivity index (χ2v) is 7.27. The van der Waals surface area contributed by atoms with Gasteiger partial charge in [0.1, 0.15) is 11.5 Å². The number of anilines is 3. The second kappa shape index (κ2) is 9.78. The average Bonchev–Trinajstić information content (AvgIpc) is 2.85. The van der Waals surface area contributed by atoms with Gasteiger partial charge in [-0.3, -0.25) is 14.4 Å². The van der Waals surface area contributed by atoms with E-state index in [0.29, 0.717) is 28.4 Å². The van der Waals surface area contributed by atoms with E-state index in [1.807, 2.05) is 6.07 Å². The van der Waals surface area contributed by atoms with Gasteiger partial charge in [-0.1, -0.05) is 36.4 Å². The molecule has 2 N–H and O–H groups in total. The molecule has 0 saturated heterocycles. The van der Waals surface area contributed by atoms with Crippen LogP contribution >= 0.6 is 0 Å². The van der Waals surface area contributed by atoms with Crippen LogP contribution in [-0.2, 0) is 9.59 Å². The average molecular weight is 442 g/mol. The van der Waals surface area contributed by atoms with Gasteiger partial charge in [0.05, 0.1) is 24.0 Å². The van der Waals surface area contributed by atoms with Crippen molar-refractivity contribution in [2.24, 2.45) is 5.10 Å². The molecule has 1 aliphatic heterocycles. The molecule has 3 aromatic rings. The van der Waals surface area contributed by atoms with E-state index < -0.39 is 5.91 Å². The van der Waals surface area contributed by atoms with Gasteiger partial charge in [-0.25, -0.2) is 5.01 Å². The van der Waals surface area contributed by atoms with Crippen LogP contribution in [0.25, 0.3) is 0 Å². The van der Waals surface area contributed by atoms with Crippen molar-refractivity contribution in [2.75, 3.05) is 22.8 Å². The van der Waals surface area contributed by atoms with Crippen molar-refractivity contribution in [3.8, 4) is 5.75 Å². The summed E-state index contributed by atoms with van der Waals surface area (Å²) in [6.45, 7) is 0. The molecule has 8 nitrogen and oxygen atoms in total. The molecule has 3 amide bonds. The summed E-state index contributed by atoms with van der Waals surface area (Å²) in [5, 5.41) is 11.1. The zero-order valence-electron chi connectivity index (χ0n) is 17.9. The highest BCUT2D eigenvalue weighted by Crippen LogP contribution is 2.23. The number of nitrogens with zero attached hydrogens (tertiary/aromatic N) is 2. The van der Waals surface area contributed by atoms with E-state index in [1.54, 1.807) is 79.9 Å². The molecular weight excluding hydrogens is 420 g/mol. The lowest BCUT2D eigenvalue weighted by molar-refractivity contribution is -0.118. The molecule has 4 rings (SSSR count). The first-order valence-corrected chi connectivity index (χ1v) is 10.4. The van der Waals surface area contributed by atoms with Crippen molar-refractivity contribution < 1.29 is 19.1 Å². The van der Waals surface area contributed by atoms with Gasteiger partial charge in [-0.2, -0.15) is 5.10 Å². The Balaban J connectivity index is 1.53. The van der Waals surface area contributed by atoms with E-state index in [1.165, 1.54) is 5.01 Å². The fourth-order valence-corrected chi connectivity index (χ4v) is 3.37. The Morgan fingerprint density at radius 2 is 1.64 bits per heavy atom. The number of benzene rings is 3. The molecular formula is C25H22N4O4. The predicted octanol–water partition coefficient (Wildman–Crippen LogP) is 4.07. The van der Waals surface area contributed by atoms with Crippen LogP contribution in [0.1, 0.15) is 23.2 Å². The Labute approximate surface area is 190 Å². The minimum absolute atomic E-state index is 0.166. The highest BCUT2D eigenvalue weighted by Gasteiger charge is 2.26. The fourth-order valence-electron chi connectivity index (χ4n) is 3.37. The number of amides is 3. The fraction of sp³-hybridized carbons (Fsp3) is 0.120. The summed E-state index contributed by atoms with van der Waals surface area (Å²) in [5.41, 5.74) is 2.00. The summed E-state index contributed by atoms with van der Waals surface area (Å²) in [4.78, 5) is 38.1. The quantitative estimate of drug-likeness (QED) is 0.601. The van der Waals surface area contributed by atoms with E-state index in [2.05, 4.69) is 15.7 Å². The number of hydrogen-bond acceptors (Lipinski definition) is 5. The zero-order chi connectivity index (χ0) is 23.2. The molecule has 1 aliphatic rings. The van der Waals surface area contributed by atoms with Gasteiger partial charge in [0, 0.05) is 24.6 Å². The monoisotopic (exact) mass is 442 g/mol. The van der Waals surface area contributed by atoms with Crippen molar-refractivity contribution in [2.45, 2.75) is 12.8 Å². The molecule has 33 heavy (non-hydrogen) atoms. The van der Waals surface area contributed by atoms with E-state index in [0.717, 1.165) is 0 Å². The van der Waals surface area contributed by atoms with Crippen LogP contribution in [-0.4, -0.2) is 30.5 Å². The van der Waals surface area contributed by atoms with Gasteiger partial charge in [0.25, 0.3) is 11.8 Å². The first-order chi connectivity index (χ1) is 16.0. The molecule has 8 heteroatoms. The number of carbonyl (C=O) groups excluding carboxylic acids is 3. The van der Waals surface area contributed by atoms with Gasteiger partial charge in [0.15, 0.2) is 0 Å². The predicted molar refractivity (Wildman–Crippen MR) is 127 cm³/mol. The van der Waals surface area contributed by atoms with Crippen LogP contribution in [0.4, 0.5) is 17.1 Å². The van der Waals surface area contributed by atoms with E-state index in [4.69, 9.17) is 4.74 Å². The molecule has 0 aliphatic carbocycles. The van der Waals surface area contributed by atoms with Gasteiger partial charge in [-0.05, 0) is 36.4 Å². The zero-order valence-corrected chi connectivity index (χ0v) is 17.9. The Hall–Kier alpha value is -4.46. The van der Waals surface area contributed by atoms with Crippen LogP contribution in [0.3, 0.4) is 0 Å². The lowest BCUT2D eigenvalue weighted by Crippen LogP contribution is -2.36. The molecule has 0 fully saturated rings. The van der Waals surface area contributed by atoms with Gasteiger partial charge >= 0.3 is 0 Å². The van der Waals surface area contributed by atoms with Crippen LogP contribution < -0.4 is 20.4 Å². The normalized spacial score (nSPS) is 13.2. The maximum absolute atomic E-state index is 12.9. The number of hydrogen-bond donors (Lipinski definition) is 2. The van der Waals surface area contributed by atoms with Crippen molar-refractivity contribution in [1.29, 1.82) is 0 Å². The molecule has 3 aromatic carbocycles. The van der Waals surface area contributed by atoms with Crippen molar-refractivity contribution in [3.05, 3.63) is 84.4 Å². The van der Waals surface area contributed by atoms with Crippen LogP contribution in [0.5, 0.6) is 5.75 Å². The highest BCUT2D eigenvalue weighted by molar-refractivity contribution is 6.44. The first-order valence-electron chi connectivity index (χ1n) is 10.4. The number of nitrogens with one attached hydrogen (secondary N) is 2. The Bertz CT molecular complexity index is 1220. The number of hydrazone groups is 1. The number of ether oxygens (including phenoxy) is 1. The largest absolute Gasteiger partial charge is 0.497 e. The van der Waals surface area contributed by atoms with Crippen molar-refractivity contribution in [1.82, 2.24) is 0 Å². The first kappa shape index (κ1) is 21.8. The van der Waals surface area contributed by atoms with Crippen LogP contribution in [0.2, 0.25) is 0 Å². The molecule has 0 bridgehead atoms. The lowest BCUT2D eigenvalue weighted by Gasteiger charge is -2.23. The topological polar surface area (TPSA) is 100 Å². The summed E-state index contributed by atoms with van der Waals surface area (Å²) >= 11 is 0. The summed E-state index contributed by atoms with van der Waals surface area (Å²) < 4.78 is 5.18. The minimum Gasteiger partial charge on any atom is -0.497 e. The third kappa shape index (κ3) is 5.07. The molecule has 0 spiro atoms. The summed E-state index contributed by atoms with van der Waals surface area (Å²) in [6, 6.07) is 22.6. The molecule has 0 radical (unpaired) electrons. The molecule has 1 heterocycles. The third-order valence-corrected chi connectivity index (χ3v) is 5.04. The number of para-hydroxylation sites is 2. The van der Waals surface area contributed by atoms with E-state index >= 15 is 0 Å². The van der Waals surface area contributed by atoms with Gasteiger partial charge in [-0.15, -0.1) is 0 Å². The Kier molecular flexibility index (Phi) is 6.45. The molecule has 0 unspecified atom stereocenters. The summed E-state index contributed by atoms with van der Waals surface area (Å²) in [7, 11) is 1.55. The lowest BCUT2D eigenvalue weighted by atomic mass is 10.1. The number of rotatable bonds is 6.